The molecule has 126 valence electrons. The minimum atomic E-state index is 0.396. The Labute approximate surface area is 155 Å². The van der Waals surface area contributed by atoms with Crippen molar-refractivity contribution in [2.24, 2.45) is 0 Å². The maximum Gasteiger partial charge on any atom is 0.194 e. The zero-order chi connectivity index (χ0) is 16.9. The van der Waals surface area contributed by atoms with E-state index in [9.17, 15) is 0 Å². The summed E-state index contributed by atoms with van der Waals surface area (Å²) in [5.41, 5.74) is 1.03. The Bertz CT molecular complexity index is 790. The first-order chi connectivity index (χ1) is 11.6. The number of halogens is 1. The predicted octanol–water partition coefficient (Wildman–Crippen LogP) is 3.08. The second-order valence-corrected chi connectivity index (χ2v) is 9.34. The van der Waals surface area contributed by atoms with E-state index in [2.05, 4.69) is 48.5 Å². The Morgan fingerprint density at radius 3 is 2.83 bits per heavy atom. The number of thiazole rings is 1. The molecule has 6 nitrogen and oxygen atoms in total. The first-order valence-electron chi connectivity index (χ1n) is 7.22. The summed E-state index contributed by atoms with van der Waals surface area (Å²) >= 11 is 5.05. The molecule has 3 heterocycles. The largest absolute Gasteiger partial charge is 0.354 e. The molecule has 0 amide bonds. The lowest BCUT2D eigenvalue weighted by molar-refractivity contribution is 0.0809. The zero-order valence-corrected chi connectivity index (χ0v) is 16.6. The summed E-state index contributed by atoms with van der Waals surface area (Å²) in [4.78, 5) is 13.9. The number of hydrogen-bond acceptors (Lipinski definition) is 6. The van der Waals surface area contributed by atoms with Gasteiger partial charge in [0.05, 0.1) is 19.1 Å². The number of hydrogen-bond donors (Lipinski definition) is 0. The molecule has 0 aromatic carbocycles. The van der Waals surface area contributed by atoms with E-state index in [0.29, 0.717) is 23.5 Å². The molecular weight excluding hydrogens is 410 g/mol. The normalized spacial score (nSPS) is 11.3. The smallest absolute Gasteiger partial charge is 0.194 e. The van der Waals surface area contributed by atoms with E-state index in [1.807, 2.05) is 12.1 Å². The summed E-state index contributed by atoms with van der Waals surface area (Å²) in [6.45, 7) is 1.15. The van der Waals surface area contributed by atoms with Gasteiger partial charge in [-0.05, 0) is 39.0 Å². The molecule has 0 atom stereocenters. The summed E-state index contributed by atoms with van der Waals surface area (Å²) in [5, 5.41) is 5.38. The highest BCUT2D eigenvalue weighted by atomic mass is 79.9. The van der Waals surface area contributed by atoms with E-state index in [1.165, 1.54) is 0 Å². The van der Waals surface area contributed by atoms with Crippen molar-refractivity contribution in [3.05, 3.63) is 35.5 Å². The summed E-state index contributed by atoms with van der Waals surface area (Å²) in [5.74, 6) is 1.71. The van der Waals surface area contributed by atoms with Gasteiger partial charge < -0.3 is 4.74 Å². The van der Waals surface area contributed by atoms with Gasteiger partial charge in [0.15, 0.2) is 5.82 Å². The van der Waals surface area contributed by atoms with Crippen LogP contribution in [-0.4, -0.2) is 49.6 Å². The monoisotopic (exact) mass is 426 g/mol. The Morgan fingerprint density at radius 2 is 2.08 bits per heavy atom. The fourth-order valence-electron chi connectivity index (χ4n) is 1.90. The van der Waals surface area contributed by atoms with Crippen LogP contribution in [0.25, 0.3) is 21.3 Å². The third kappa shape index (κ3) is 4.41. The summed E-state index contributed by atoms with van der Waals surface area (Å²) in [7, 11) is 0.396. The van der Waals surface area contributed by atoms with Crippen LogP contribution in [0.15, 0.2) is 35.5 Å². The van der Waals surface area contributed by atoms with E-state index in [0.717, 1.165) is 32.4 Å². The third-order valence-corrected chi connectivity index (χ3v) is 6.03. The molecule has 0 N–H and O–H groups in total. The van der Waals surface area contributed by atoms with Gasteiger partial charge in [0.1, 0.15) is 33.3 Å². The fourth-order valence-corrected chi connectivity index (χ4v) is 3.97. The van der Waals surface area contributed by atoms with Crippen LogP contribution in [-0.2, 0) is 22.4 Å². The van der Waals surface area contributed by atoms with Crippen LogP contribution in [0.4, 0.5) is 0 Å². The molecule has 3 aromatic rings. The lowest BCUT2D eigenvalue weighted by atomic mass is 10.3. The second-order valence-electron chi connectivity index (χ2n) is 5.21. The van der Waals surface area contributed by atoms with Gasteiger partial charge in [0.2, 0.25) is 0 Å². The van der Waals surface area contributed by atoms with E-state index in [4.69, 9.17) is 4.74 Å². The van der Waals surface area contributed by atoms with Gasteiger partial charge in [0, 0.05) is 18.0 Å². The first kappa shape index (κ1) is 17.5. The Morgan fingerprint density at radius 1 is 1.29 bits per heavy atom. The van der Waals surface area contributed by atoms with Crippen LogP contribution in [0.1, 0.15) is 0 Å². The quantitative estimate of drug-likeness (QED) is 0.428. The summed E-state index contributed by atoms with van der Waals surface area (Å²) in [6, 6.07) is 3.87. The highest BCUT2D eigenvalue weighted by Crippen LogP contribution is 2.36. The zero-order valence-electron chi connectivity index (χ0n) is 13.3. The van der Waals surface area contributed by atoms with Crippen LogP contribution in [0.3, 0.4) is 0 Å². The molecule has 0 spiro atoms. The Kier molecular flexibility index (Phi) is 5.99. The molecule has 0 unspecified atom stereocenters. The number of pyridine rings is 1. The molecule has 9 heteroatoms. The summed E-state index contributed by atoms with van der Waals surface area (Å²) < 4.78 is 8.08. The minimum absolute atomic E-state index is 0.396. The SMILES string of the molecule is C[S+](C)CCOCn1cnc(-c2sc(-c3ccncc3)nc2Br)n1. The van der Waals surface area contributed by atoms with Crippen LogP contribution in [0.5, 0.6) is 0 Å². The first-order valence-corrected chi connectivity index (χ1v) is 11.0. The van der Waals surface area contributed by atoms with Crippen LogP contribution in [0.2, 0.25) is 0 Å². The molecule has 0 saturated heterocycles. The second kappa shape index (κ2) is 8.19. The lowest BCUT2D eigenvalue weighted by Gasteiger charge is -2.01. The highest BCUT2D eigenvalue weighted by Gasteiger charge is 2.16. The number of nitrogens with zero attached hydrogens (tertiary/aromatic N) is 5. The van der Waals surface area contributed by atoms with Gasteiger partial charge in [-0.25, -0.2) is 14.6 Å². The molecule has 0 aliphatic rings. The average Bonchev–Trinajstić information content (AvgIpc) is 3.19. The Hall–Kier alpha value is -1.29. The molecule has 0 aliphatic carbocycles. The van der Waals surface area contributed by atoms with Crippen LogP contribution >= 0.6 is 27.3 Å². The van der Waals surface area contributed by atoms with E-state index < -0.39 is 0 Å². The predicted molar refractivity (Wildman–Crippen MR) is 102 cm³/mol. The average molecular weight is 427 g/mol. The number of aromatic nitrogens is 5. The van der Waals surface area contributed by atoms with Crippen molar-refractivity contribution in [2.75, 3.05) is 24.9 Å². The molecule has 0 saturated carbocycles. The minimum Gasteiger partial charge on any atom is -0.354 e. The lowest BCUT2D eigenvalue weighted by Crippen LogP contribution is -2.11. The molecule has 3 aromatic heterocycles. The van der Waals surface area contributed by atoms with Crippen molar-refractivity contribution in [2.45, 2.75) is 6.73 Å². The summed E-state index contributed by atoms with van der Waals surface area (Å²) in [6.07, 6.45) is 9.61. The van der Waals surface area contributed by atoms with Crippen molar-refractivity contribution < 1.29 is 4.74 Å². The van der Waals surface area contributed by atoms with Crippen molar-refractivity contribution in [1.29, 1.82) is 0 Å². The van der Waals surface area contributed by atoms with Gasteiger partial charge in [-0.1, -0.05) is 0 Å². The fraction of sp³-hybridized carbons (Fsp3) is 0.333. The van der Waals surface area contributed by atoms with E-state index >= 15 is 0 Å². The molecule has 0 fully saturated rings. The molecular formula is C15H17BrN5OS2+. The van der Waals surface area contributed by atoms with Gasteiger partial charge in [-0.3, -0.25) is 4.98 Å². The van der Waals surface area contributed by atoms with Crippen molar-refractivity contribution in [1.82, 2.24) is 24.7 Å². The molecule has 3 rings (SSSR count). The number of ether oxygens (including phenoxy) is 1. The van der Waals surface area contributed by atoms with Gasteiger partial charge in [-0.15, -0.1) is 16.4 Å². The maximum atomic E-state index is 5.62. The maximum absolute atomic E-state index is 5.62. The topological polar surface area (TPSA) is 65.7 Å². The molecule has 0 radical (unpaired) electrons. The number of rotatable bonds is 7. The molecule has 0 bridgehead atoms. The Balaban J connectivity index is 1.70. The van der Waals surface area contributed by atoms with Gasteiger partial charge >= 0.3 is 0 Å². The van der Waals surface area contributed by atoms with Crippen molar-refractivity contribution >= 4 is 38.2 Å². The molecule has 0 aliphatic heterocycles. The molecule has 24 heavy (non-hydrogen) atoms. The van der Waals surface area contributed by atoms with Crippen LogP contribution < -0.4 is 0 Å². The van der Waals surface area contributed by atoms with Crippen molar-refractivity contribution in [3.8, 4) is 21.3 Å². The van der Waals surface area contributed by atoms with Gasteiger partial charge in [0.25, 0.3) is 0 Å². The van der Waals surface area contributed by atoms with Crippen molar-refractivity contribution in [3.63, 3.8) is 0 Å². The third-order valence-electron chi connectivity index (χ3n) is 3.11. The van der Waals surface area contributed by atoms with Crippen LogP contribution in [0, 0.1) is 0 Å². The standard InChI is InChI=1S/C15H17BrN5OS2/c1-24(2)8-7-22-10-21-9-18-14(20-21)12-13(16)19-15(23-12)11-3-5-17-6-4-11/h3-6,9H,7-8,10H2,1-2H3/q+1. The highest BCUT2D eigenvalue weighted by molar-refractivity contribution is 9.10. The van der Waals surface area contributed by atoms with Gasteiger partial charge in [-0.2, -0.15) is 0 Å². The van der Waals surface area contributed by atoms with E-state index in [-0.39, 0.29) is 0 Å². The van der Waals surface area contributed by atoms with E-state index in [1.54, 1.807) is 34.7 Å².